The second-order valence-corrected chi connectivity index (χ2v) is 8.67. The summed E-state index contributed by atoms with van der Waals surface area (Å²) in [4.78, 5) is 22.2. The van der Waals surface area contributed by atoms with Crippen molar-refractivity contribution in [1.82, 2.24) is 14.5 Å². The quantitative estimate of drug-likeness (QED) is 0.647. The molecule has 8 heteroatoms. The van der Waals surface area contributed by atoms with Crippen LogP contribution in [0.2, 0.25) is 0 Å². The Kier molecular flexibility index (Phi) is 5.99. The third kappa shape index (κ3) is 4.17. The number of nitriles is 1. The first-order valence-electron chi connectivity index (χ1n) is 11.4. The predicted molar refractivity (Wildman–Crippen MR) is 128 cm³/mol. The van der Waals surface area contributed by atoms with Gasteiger partial charge in [0.25, 0.3) is 5.56 Å². The highest BCUT2D eigenvalue weighted by Gasteiger charge is 2.21. The average molecular weight is 445 g/mol. The van der Waals surface area contributed by atoms with Gasteiger partial charge in [0.2, 0.25) is 0 Å². The van der Waals surface area contributed by atoms with Gasteiger partial charge < -0.3 is 15.0 Å². The van der Waals surface area contributed by atoms with Crippen molar-refractivity contribution < 1.29 is 4.74 Å². The smallest absolute Gasteiger partial charge is 0.258 e. The average Bonchev–Trinajstić information content (AvgIpc) is 2.87. The van der Waals surface area contributed by atoms with Gasteiger partial charge in [-0.15, -0.1) is 0 Å². The maximum Gasteiger partial charge on any atom is 0.258 e. The van der Waals surface area contributed by atoms with Gasteiger partial charge in [0.1, 0.15) is 18.6 Å². The second kappa shape index (κ2) is 9.22. The molecule has 2 aliphatic heterocycles. The number of piperazine rings is 1. The van der Waals surface area contributed by atoms with E-state index in [0.717, 1.165) is 80.1 Å². The zero-order valence-corrected chi connectivity index (χ0v) is 18.9. The molecule has 2 aliphatic rings. The van der Waals surface area contributed by atoms with E-state index < -0.39 is 0 Å². The van der Waals surface area contributed by atoms with Crippen molar-refractivity contribution in [2.45, 2.75) is 26.1 Å². The van der Waals surface area contributed by atoms with Crippen LogP contribution in [0.25, 0.3) is 10.9 Å². The first-order valence-corrected chi connectivity index (χ1v) is 11.4. The van der Waals surface area contributed by atoms with Crippen molar-refractivity contribution in [3.63, 3.8) is 0 Å². The van der Waals surface area contributed by atoms with Crippen molar-refractivity contribution in [3.8, 4) is 6.07 Å². The molecule has 0 amide bonds. The summed E-state index contributed by atoms with van der Waals surface area (Å²) in [5.74, 6) is 0.917. The molecule has 0 unspecified atom stereocenters. The molecule has 0 atom stereocenters. The Morgan fingerprint density at radius 2 is 2.03 bits per heavy atom. The van der Waals surface area contributed by atoms with E-state index in [-0.39, 0.29) is 12.3 Å². The van der Waals surface area contributed by atoms with Gasteiger partial charge in [0.15, 0.2) is 0 Å². The van der Waals surface area contributed by atoms with Gasteiger partial charge >= 0.3 is 0 Å². The Hall–Kier alpha value is -3.41. The standard InChI is InChI=1S/C25H28N6O2/c1-33-17-31-22-13-18(4-6-20(22)24-21(25(31)32)3-2-8-27-24)16-29-9-11-30(12-10-29)23-7-5-19(14-26)15-28-23/h4-7,13,15,27H,2-3,8-12,16-17H2,1H3. The number of pyridine rings is 2. The van der Waals surface area contributed by atoms with E-state index in [1.54, 1.807) is 17.9 Å². The minimum absolute atomic E-state index is 0.0484. The van der Waals surface area contributed by atoms with E-state index in [9.17, 15) is 4.79 Å². The Bertz CT molecular complexity index is 1250. The number of hydrogen-bond donors (Lipinski definition) is 1. The Morgan fingerprint density at radius 3 is 2.76 bits per heavy atom. The number of ether oxygens (including phenoxy) is 1. The highest BCUT2D eigenvalue weighted by atomic mass is 16.5. The van der Waals surface area contributed by atoms with Crippen molar-refractivity contribution in [1.29, 1.82) is 5.26 Å². The van der Waals surface area contributed by atoms with E-state index in [4.69, 9.17) is 10.00 Å². The summed E-state index contributed by atoms with van der Waals surface area (Å²) in [6.07, 6.45) is 3.41. The highest BCUT2D eigenvalue weighted by molar-refractivity contribution is 5.94. The Balaban J connectivity index is 1.35. The number of rotatable bonds is 5. The van der Waals surface area contributed by atoms with Crippen LogP contribution >= 0.6 is 0 Å². The summed E-state index contributed by atoms with van der Waals surface area (Å²) in [5, 5.41) is 13.5. The van der Waals surface area contributed by atoms with Crippen LogP contribution in [0.4, 0.5) is 11.5 Å². The summed E-state index contributed by atoms with van der Waals surface area (Å²) in [7, 11) is 1.63. The lowest BCUT2D eigenvalue weighted by atomic mass is 10.00. The number of nitrogens with one attached hydrogen (secondary N) is 1. The van der Waals surface area contributed by atoms with Gasteiger partial charge in [-0.05, 0) is 36.6 Å². The molecule has 3 aromatic rings. The molecule has 2 aromatic heterocycles. The fraction of sp³-hybridized carbons (Fsp3) is 0.400. The van der Waals surface area contributed by atoms with Crippen molar-refractivity contribution in [2.75, 3.05) is 50.1 Å². The topological polar surface area (TPSA) is 86.4 Å². The van der Waals surface area contributed by atoms with Crippen LogP contribution in [-0.4, -0.2) is 54.3 Å². The zero-order valence-electron chi connectivity index (χ0n) is 18.9. The number of fused-ring (bicyclic) bond motifs is 3. The van der Waals surface area contributed by atoms with Crippen LogP contribution < -0.4 is 15.8 Å². The maximum absolute atomic E-state index is 13.1. The van der Waals surface area contributed by atoms with E-state index >= 15 is 0 Å². The molecule has 0 bridgehead atoms. The first kappa shape index (κ1) is 21.4. The lowest BCUT2D eigenvalue weighted by Crippen LogP contribution is -2.46. The molecule has 0 radical (unpaired) electrons. The van der Waals surface area contributed by atoms with Crippen LogP contribution in [0.1, 0.15) is 23.1 Å². The summed E-state index contributed by atoms with van der Waals surface area (Å²) < 4.78 is 7.13. The van der Waals surface area contributed by atoms with Crippen LogP contribution in [0.3, 0.4) is 0 Å². The van der Waals surface area contributed by atoms with Gasteiger partial charge in [0, 0.05) is 63.5 Å². The lowest BCUT2D eigenvalue weighted by molar-refractivity contribution is 0.131. The second-order valence-electron chi connectivity index (χ2n) is 8.67. The summed E-state index contributed by atoms with van der Waals surface area (Å²) in [6.45, 7) is 5.61. The fourth-order valence-corrected chi connectivity index (χ4v) is 4.85. The third-order valence-electron chi connectivity index (χ3n) is 6.57. The van der Waals surface area contributed by atoms with Crippen LogP contribution in [0.15, 0.2) is 41.3 Å². The van der Waals surface area contributed by atoms with E-state index in [0.29, 0.717) is 5.56 Å². The SMILES string of the molecule is COCn1c(=O)c2c(c3ccc(CN4CCN(c5ccc(C#N)cn5)CC4)cc31)NCCC2. The largest absolute Gasteiger partial charge is 0.384 e. The number of aromatic nitrogens is 2. The van der Waals surface area contributed by atoms with Crippen molar-refractivity contribution in [2.24, 2.45) is 0 Å². The molecule has 0 spiro atoms. The first-order chi connectivity index (χ1) is 16.2. The molecule has 0 saturated carbocycles. The molecule has 5 rings (SSSR count). The lowest BCUT2D eigenvalue weighted by Gasteiger charge is -2.35. The third-order valence-corrected chi connectivity index (χ3v) is 6.57. The molecule has 1 fully saturated rings. The zero-order chi connectivity index (χ0) is 22.8. The normalized spacial score (nSPS) is 16.3. The van der Waals surface area contributed by atoms with Crippen LogP contribution in [0, 0.1) is 11.3 Å². The van der Waals surface area contributed by atoms with Gasteiger partial charge in [-0.25, -0.2) is 4.98 Å². The van der Waals surface area contributed by atoms with Gasteiger partial charge in [-0.1, -0.05) is 12.1 Å². The molecule has 8 nitrogen and oxygen atoms in total. The number of anilines is 2. The molecule has 170 valence electrons. The van der Waals surface area contributed by atoms with Crippen molar-refractivity contribution in [3.05, 3.63) is 63.6 Å². The van der Waals surface area contributed by atoms with Crippen LogP contribution in [-0.2, 0) is 24.4 Å². The maximum atomic E-state index is 13.1. The molecular weight excluding hydrogens is 416 g/mol. The fourth-order valence-electron chi connectivity index (χ4n) is 4.85. The summed E-state index contributed by atoms with van der Waals surface area (Å²) in [5.41, 5.74) is 4.60. The van der Waals surface area contributed by atoms with Gasteiger partial charge in [0.05, 0.1) is 16.8 Å². The van der Waals surface area contributed by atoms with Gasteiger partial charge in [-0.3, -0.25) is 14.3 Å². The molecule has 4 heterocycles. The molecule has 0 aliphatic carbocycles. The Morgan fingerprint density at radius 1 is 1.18 bits per heavy atom. The predicted octanol–water partition coefficient (Wildman–Crippen LogP) is 2.55. The minimum atomic E-state index is 0.0484. The molecule has 1 N–H and O–H groups in total. The summed E-state index contributed by atoms with van der Waals surface area (Å²) >= 11 is 0. The van der Waals surface area contributed by atoms with Gasteiger partial charge in [-0.2, -0.15) is 5.26 Å². The molecule has 33 heavy (non-hydrogen) atoms. The summed E-state index contributed by atoms with van der Waals surface area (Å²) in [6, 6.07) is 12.3. The van der Waals surface area contributed by atoms with Crippen molar-refractivity contribution >= 4 is 22.4 Å². The van der Waals surface area contributed by atoms with Crippen LogP contribution in [0.5, 0.6) is 0 Å². The Labute approximate surface area is 193 Å². The van der Waals surface area contributed by atoms with E-state index in [1.807, 2.05) is 12.1 Å². The molecule has 1 aromatic carbocycles. The minimum Gasteiger partial charge on any atom is -0.384 e. The van der Waals surface area contributed by atoms with E-state index in [2.05, 4.69) is 44.4 Å². The monoisotopic (exact) mass is 444 g/mol. The molecule has 1 saturated heterocycles. The highest BCUT2D eigenvalue weighted by Crippen LogP contribution is 2.30. The van der Waals surface area contributed by atoms with E-state index in [1.165, 1.54) is 5.56 Å². The number of hydrogen-bond acceptors (Lipinski definition) is 7. The number of benzene rings is 1. The number of methoxy groups -OCH3 is 1. The molecular formula is C25H28N6O2. The number of nitrogens with zero attached hydrogens (tertiary/aromatic N) is 5.